The van der Waals surface area contributed by atoms with Gasteiger partial charge in [0.2, 0.25) is 5.91 Å². The minimum Gasteiger partial charge on any atom is -0.452 e. The number of aryl methyl sites for hydroxylation is 1. The van der Waals surface area contributed by atoms with Crippen molar-refractivity contribution in [1.82, 2.24) is 4.90 Å². The number of nitrogens with one attached hydrogen (secondary N) is 1. The van der Waals surface area contributed by atoms with Crippen LogP contribution in [0.1, 0.15) is 29.3 Å². The summed E-state index contributed by atoms with van der Waals surface area (Å²) in [4.78, 5) is 38.4. The highest BCUT2D eigenvalue weighted by Crippen LogP contribution is 2.21. The minimum atomic E-state index is -0.758. The van der Waals surface area contributed by atoms with Gasteiger partial charge in [0.15, 0.2) is 6.61 Å². The number of nitrogens with zero attached hydrogens (tertiary/aromatic N) is 1. The predicted molar refractivity (Wildman–Crippen MR) is 113 cm³/mol. The quantitative estimate of drug-likeness (QED) is 0.624. The summed E-state index contributed by atoms with van der Waals surface area (Å²) in [5, 5.41) is 3.29. The third kappa shape index (κ3) is 6.76. The van der Waals surface area contributed by atoms with E-state index < -0.39 is 18.5 Å². The van der Waals surface area contributed by atoms with Gasteiger partial charge in [-0.25, -0.2) is 4.79 Å². The van der Waals surface area contributed by atoms with Crippen LogP contribution in [-0.4, -0.2) is 42.4 Å². The maximum absolute atomic E-state index is 12.5. The van der Waals surface area contributed by atoms with Crippen LogP contribution in [0.3, 0.4) is 0 Å². The van der Waals surface area contributed by atoms with Crippen LogP contribution in [0.4, 0.5) is 5.69 Å². The number of para-hydroxylation sites is 1. The molecule has 0 fully saturated rings. The van der Waals surface area contributed by atoms with Crippen LogP contribution in [-0.2, 0) is 14.3 Å². The van der Waals surface area contributed by atoms with Crippen molar-refractivity contribution >= 4 is 46.7 Å². The second kappa shape index (κ2) is 10.8. The number of benzene rings is 2. The molecule has 8 heteroatoms. The van der Waals surface area contributed by atoms with Gasteiger partial charge in [-0.1, -0.05) is 48.3 Å². The van der Waals surface area contributed by atoms with E-state index >= 15 is 0 Å². The number of hydrogen-bond acceptors (Lipinski definition) is 4. The first kappa shape index (κ1) is 22.7. The van der Waals surface area contributed by atoms with E-state index in [4.69, 9.17) is 27.9 Å². The van der Waals surface area contributed by atoms with Gasteiger partial charge in [-0.3, -0.25) is 9.59 Å². The highest BCUT2D eigenvalue weighted by atomic mass is 35.5. The molecular formula is C21H22Cl2N2O4. The van der Waals surface area contributed by atoms with Gasteiger partial charge >= 0.3 is 5.97 Å². The molecule has 0 aromatic heterocycles. The standard InChI is InChI=1S/C21H22Cl2N2O4/c1-3-10-25(12-19(26)24-18-7-5-4-6-14(18)2)20(27)13-29-21(28)16-11-15(22)8-9-17(16)23/h4-9,11H,3,10,12-13H2,1-2H3,(H,24,26). The van der Waals surface area contributed by atoms with Crippen molar-refractivity contribution in [3.8, 4) is 0 Å². The molecule has 6 nitrogen and oxygen atoms in total. The first-order valence-electron chi connectivity index (χ1n) is 9.07. The lowest BCUT2D eigenvalue weighted by molar-refractivity contribution is -0.137. The molecule has 2 aromatic rings. The Morgan fingerprint density at radius 2 is 1.83 bits per heavy atom. The first-order chi connectivity index (χ1) is 13.8. The first-order valence-corrected chi connectivity index (χ1v) is 9.82. The SMILES string of the molecule is CCCN(CC(=O)Nc1ccccc1C)C(=O)COC(=O)c1cc(Cl)ccc1Cl. The number of carbonyl (C=O) groups excluding carboxylic acids is 3. The van der Waals surface area contributed by atoms with Crippen molar-refractivity contribution in [2.24, 2.45) is 0 Å². The van der Waals surface area contributed by atoms with E-state index in [-0.39, 0.29) is 23.0 Å². The number of hydrogen-bond donors (Lipinski definition) is 1. The third-order valence-corrected chi connectivity index (χ3v) is 4.64. The summed E-state index contributed by atoms with van der Waals surface area (Å²) in [6.07, 6.45) is 0.650. The summed E-state index contributed by atoms with van der Waals surface area (Å²) in [6.45, 7) is 3.48. The van der Waals surface area contributed by atoms with Crippen molar-refractivity contribution in [3.05, 3.63) is 63.6 Å². The van der Waals surface area contributed by atoms with Crippen molar-refractivity contribution in [1.29, 1.82) is 0 Å². The van der Waals surface area contributed by atoms with Crippen LogP contribution < -0.4 is 5.32 Å². The molecular weight excluding hydrogens is 415 g/mol. The van der Waals surface area contributed by atoms with E-state index in [0.29, 0.717) is 23.7 Å². The maximum Gasteiger partial charge on any atom is 0.340 e. The Balaban J connectivity index is 1.96. The van der Waals surface area contributed by atoms with Gasteiger partial charge in [-0.05, 0) is 43.2 Å². The number of anilines is 1. The Hall–Kier alpha value is -2.57. The summed E-state index contributed by atoms with van der Waals surface area (Å²) in [6, 6.07) is 11.7. The molecule has 0 spiro atoms. The van der Waals surface area contributed by atoms with Gasteiger partial charge < -0.3 is 15.0 Å². The molecule has 0 heterocycles. The second-order valence-electron chi connectivity index (χ2n) is 6.38. The molecule has 0 aliphatic rings. The summed E-state index contributed by atoms with van der Waals surface area (Å²) in [5.74, 6) is -1.56. The Kier molecular flexibility index (Phi) is 8.49. The van der Waals surface area contributed by atoms with Gasteiger partial charge in [-0.15, -0.1) is 0 Å². The highest BCUT2D eigenvalue weighted by Gasteiger charge is 2.20. The van der Waals surface area contributed by atoms with Gasteiger partial charge in [0, 0.05) is 17.3 Å². The zero-order valence-corrected chi connectivity index (χ0v) is 17.7. The van der Waals surface area contributed by atoms with Crippen LogP contribution in [0, 0.1) is 6.92 Å². The molecule has 0 unspecified atom stereocenters. The monoisotopic (exact) mass is 436 g/mol. The van der Waals surface area contributed by atoms with E-state index in [2.05, 4.69) is 5.32 Å². The zero-order chi connectivity index (χ0) is 21.4. The third-order valence-electron chi connectivity index (χ3n) is 4.07. The van der Waals surface area contributed by atoms with Crippen LogP contribution in [0.5, 0.6) is 0 Å². The lowest BCUT2D eigenvalue weighted by Crippen LogP contribution is -2.40. The summed E-state index contributed by atoms with van der Waals surface area (Å²) in [7, 11) is 0. The number of esters is 1. The predicted octanol–water partition coefficient (Wildman–Crippen LogP) is 4.34. The summed E-state index contributed by atoms with van der Waals surface area (Å²) >= 11 is 11.8. The molecule has 154 valence electrons. The normalized spacial score (nSPS) is 10.3. The van der Waals surface area contributed by atoms with Crippen molar-refractivity contribution in [2.45, 2.75) is 20.3 Å². The van der Waals surface area contributed by atoms with E-state index in [1.165, 1.54) is 17.0 Å². The Labute approximate surface area is 179 Å². The number of carbonyl (C=O) groups is 3. The lowest BCUT2D eigenvalue weighted by Gasteiger charge is -2.21. The molecule has 2 amide bonds. The van der Waals surface area contributed by atoms with E-state index in [1.54, 1.807) is 12.1 Å². The fourth-order valence-corrected chi connectivity index (χ4v) is 2.96. The molecule has 2 aromatic carbocycles. The molecule has 0 radical (unpaired) electrons. The Morgan fingerprint density at radius 1 is 1.10 bits per heavy atom. The van der Waals surface area contributed by atoms with Gasteiger partial charge in [0.1, 0.15) is 0 Å². The molecule has 0 aliphatic carbocycles. The average molecular weight is 437 g/mol. The van der Waals surface area contributed by atoms with Crippen molar-refractivity contribution in [2.75, 3.05) is 25.0 Å². The van der Waals surface area contributed by atoms with Crippen LogP contribution >= 0.6 is 23.2 Å². The summed E-state index contributed by atoms with van der Waals surface area (Å²) in [5.41, 5.74) is 1.68. The number of amides is 2. The van der Waals surface area contributed by atoms with Crippen LogP contribution in [0.25, 0.3) is 0 Å². The number of halogens is 2. The van der Waals surface area contributed by atoms with E-state index in [0.717, 1.165) is 5.56 Å². The average Bonchev–Trinajstić information content (AvgIpc) is 2.69. The molecule has 1 N–H and O–H groups in total. The van der Waals surface area contributed by atoms with Crippen LogP contribution in [0.15, 0.2) is 42.5 Å². The molecule has 0 saturated carbocycles. The fourth-order valence-electron chi connectivity index (χ4n) is 2.59. The molecule has 0 bridgehead atoms. The lowest BCUT2D eigenvalue weighted by atomic mass is 10.2. The number of rotatable bonds is 8. The highest BCUT2D eigenvalue weighted by molar-refractivity contribution is 6.35. The second-order valence-corrected chi connectivity index (χ2v) is 7.22. The van der Waals surface area contributed by atoms with Crippen molar-refractivity contribution < 1.29 is 19.1 Å². The minimum absolute atomic E-state index is 0.0753. The largest absolute Gasteiger partial charge is 0.452 e. The van der Waals surface area contributed by atoms with Gasteiger partial charge in [0.25, 0.3) is 5.91 Å². The Bertz CT molecular complexity index is 902. The fraction of sp³-hybridized carbons (Fsp3) is 0.286. The molecule has 2 rings (SSSR count). The molecule has 0 atom stereocenters. The molecule has 29 heavy (non-hydrogen) atoms. The van der Waals surface area contributed by atoms with Gasteiger partial charge in [-0.2, -0.15) is 0 Å². The van der Waals surface area contributed by atoms with Gasteiger partial charge in [0.05, 0.1) is 17.1 Å². The molecule has 0 aliphatic heterocycles. The smallest absolute Gasteiger partial charge is 0.340 e. The topological polar surface area (TPSA) is 75.7 Å². The maximum atomic E-state index is 12.5. The Morgan fingerprint density at radius 3 is 2.52 bits per heavy atom. The van der Waals surface area contributed by atoms with Crippen molar-refractivity contribution in [3.63, 3.8) is 0 Å². The zero-order valence-electron chi connectivity index (χ0n) is 16.2. The molecule has 0 saturated heterocycles. The van der Waals surface area contributed by atoms with Crippen LogP contribution in [0.2, 0.25) is 10.0 Å². The number of ether oxygens (including phenoxy) is 1. The van der Waals surface area contributed by atoms with E-state index in [1.807, 2.05) is 32.0 Å². The summed E-state index contributed by atoms with van der Waals surface area (Å²) < 4.78 is 5.07. The van der Waals surface area contributed by atoms with E-state index in [9.17, 15) is 14.4 Å².